The van der Waals surface area contributed by atoms with Gasteiger partial charge in [0.2, 0.25) is 0 Å². The standard InChI is InChI=1S/C8H4Br4Cl2O4/c1-3-5(13)2-4(7(15-9)6(3)14)8(16-10,17-11)18-12/h2H,1H3. The summed E-state index contributed by atoms with van der Waals surface area (Å²) < 4.78 is 20.0. The Labute approximate surface area is 148 Å². The fourth-order valence-electron chi connectivity index (χ4n) is 1.16. The molecule has 18 heavy (non-hydrogen) atoms. The minimum Gasteiger partial charge on any atom is -0.416 e. The molecular formula is C8H4Br4Cl2O4. The monoisotopic (exact) mass is 550 g/mol. The fraction of sp³-hybridized carbons (Fsp3) is 0.250. The summed E-state index contributed by atoms with van der Waals surface area (Å²) in [6.45, 7) is 1.74. The zero-order chi connectivity index (χ0) is 13.9. The first-order valence-corrected chi connectivity index (χ1v) is 7.48. The Morgan fingerprint density at radius 3 is 1.94 bits per heavy atom. The summed E-state index contributed by atoms with van der Waals surface area (Å²) in [6, 6.07) is 1.53. The van der Waals surface area contributed by atoms with Gasteiger partial charge in [-0.3, -0.25) is 0 Å². The second-order valence-corrected chi connectivity index (χ2v) is 5.12. The van der Waals surface area contributed by atoms with E-state index in [1.165, 1.54) is 6.07 Å². The Kier molecular flexibility index (Phi) is 7.19. The van der Waals surface area contributed by atoms with Crippen molar-refractivity contribution in [1.29, 1.82) is 0 Å². The van der Waals surface area contributed by atoms with Gasteiger partial charge in [-0.15, -0.1) is 0 Å². The summed E-state index contributed by atoms with van der Waals surface area (Å²) in [5.41, 5.74) is 0.926. The molecule has 0 aliphatic heterocycles. The predicted octanol–water partition coefficient (Wildman–Crippen LogP) is 6.08. The van der Waals surface area contributed by atoms with Gasteiger partial charge < -0.3 is 3.83 Å². The van der Waals surface area contributed by atoms with E-state index in [1.807, 2.05) is 0 Å². The van der Waals surface area contributed by atoms with Crippen LogP contribution in [0.2, 0.25) is 10.0 Å². The van der Waals surface area contributed by atoms with Gasteiger partial charge in [-0.05, 0) is 18.6 Å². The zero-order valence-corrected chi connectivity index (χ0v) is 16.3. The van der Waals surface area contributed by atoms with Crippen LogP contribution in [0, 0.1) is 6.92 Å². The lowest BCUT2D eigenvalue weighted by Gasteiger charge is -2.26. The van der Waals surface area contributed by atoms with Gasteiger partial charge in [-0.25, -0.2) is 11.5 Å². The van der Waals surface area contributed by atoms with Crippen LogP contribution in [-0.2, 0) is 17.5 Å². The molecule has 10 heteroatoms. The van der Waals surface area contributed by atoms with Crippen molar-refractivity contribution in [3.63, 3.8) is 0 Å². The maximum Gasteiger partial charge on any atom is 0.348 e. The Hall–Kier alpha value is 1.40. The molecule has 0 saturated heterocycles. The second-order valence-electron chi connectivity index (χ2n) is 3.04. The molecule has 0 saturated carbocycles. The van der Waals surface area contributed by atoms with E-state index >= 15 is 0 Å². The van der Waals surface area contributed by atoms with Crippen LogP contribution in [0.5, 0.6) is 5.75 Å². The van der Waals surface area contributed by atoms with Crippen molar-refractivity contribution < 1.29 is 15.3 Å². The van der Waals surface area contributed by atoms with E-state index in [0.29, 0.717) is 10.6 Å². The van der Waals surface area contributed by atoms with Crippen molar-refractivity contribution in [2.75, 3.05) is 0 Å². The fourth-order valence-corrected chi connectivity index (χ4v) is 3.53. The van der Waals surface area contributed by atoms with Gasteiger partial charge in [0.1, 0.15) is 48.8 Å². The molecule has 1 rings (SSSR count). The Morgan fingerprint density at radius 1 is 1.06 bits per heavy atom. The molecule has 1 aromatic carbocycles. The van der Waals surface area contributed by atoms with Gasteiger partial charge in [0.05, 0.1) is 10.6 Å². The SMILES string of the molecule is Cc1c(Cl)cc(C(OBr)(OBr)OBr)c(OBr)c1Cl. The quantitative estimate of drug-likeness (QED) is 0.414. The Bertz CT molecular complexity index is 433. The van der Waals surface area contributed by atoms with Crippen LogP contribution >= 0.6 is 88.2 Å². The van der Waals surface area contributed by atoms with Gasteiger partial charge in [0.25, 0.3) is 0 Å². The van der Waals surface area contributed by atoms with Crippen LogP contribution in [0.3, 0.4) is 0 Å². The van der Waals surface area contributed by atoms with Crippen LogP contribution in [-0.4, -0.2) is 0 Å². The molecule has 0 aliphatic rings. The van der Waals surface area contributed by atoms with Gasteiger partial charge in [-0.1, -0.05) is 23.2 Å². The van der Waals surface area contributed by atoms with E-state index in [1.54, 1.807) is 6.92 Å². The molecule has 0 unspecified atom stereocenters. The van der Waals surface area contributed by atoms with E-state index in [0.717, 1.165) is 0 Å². The lowest BCUT2D eigenvalue weighted by Crippen LogP contribution is -2.28. The van der Waals surface area contributed by atoms with Crippen LogP contribution in [0.15, 0.2) is 6.07 Å². The molecule has 0 heterocycles. The first-order valence-electron chi connectivity index (χ1n) is 4.14. The van der Waals surface area contributed by atoms with Crippen LogP contribution in [0.4, 0.5) is 0 Å². The third kappa shape index (κ3) is 3.17. The van der Waals surface area contributed by atoms with E-state index < -0.39 is 5.97 Å². The molecule has 0 atom stereocenters. The molecule has 0 aliphatic carbocycles. The summed E-state index contributed by atoms with van der Waals surface area (Å²) >= 11 is 23.4. The van der Waals surface area contributed by atoms with E-state index in [9.17, 15) is 0 Å². The van der Waals surface area contributed by atoms with Crippen molar-refractivity contribution in [3.8, 4) is 5.75 Å². The van der Waals surface area contributed by atoms with Crippen LogP contribution < -0.4 is 3.83 Å². The first kappa shape index (κ1) is 17.5. The lowest BCUT2D eigenvalue weighted by atomic mass is 10.1. The highest BCUT2D eigenvalue weighted by Crippen LogP contribution is 2.46. The van der Waals surface area contributed by atoms with Crippen molar-refractivity contribution in [1.82, 2.24) is 0 Å². The third-order valence-corrected chi connectivity index (χ3v) is 4.56. The molecule has 102 valence electrons. The number of hydrogen-bond acceptors (Lipinski definition) is 4. The summed E-state index contributed by atoms with van der Waals surface area (Å²) in [7, 11) is 0. The van der Waals surface area contributed by atoms with Crippen molar-refractivity contribution in [2.24, 2.45) is 0 Å². The predicted molar refractivity (Wildman–Crippen MR) is 82.5 cm³/mol. The average Bonchev–Trinajstić information content (AvgIpc) is 2.39. The molecule has 0 bridgehead atoms. The van der Waals surface area contributed by atoms with Crippen molar-refractivity contribution in [2.45, 2.75) is 12.9 Å². The Morgan fingerprint density at radius 2 is 1.56 bits per heavy atom. The molecule has 1 aromatic rings. The number of hydrogen-bond donors (Lipinski definition) is 0. The molecule has 0 fully saturated rings. The Balaban J connectivity index is 3.57. The second kappa shape index (κ2) is 7.42. The first-order chi connectivity index (χ1) is 8.47. The van der Waals surface area contributed by atoms with Gasteiger partial charge in [0, 0.05) is 5.02 Å². The minimum atomic E-state index is -1.69. The van der Waals surface area contributed by atoms with E-state index in [2.05, 4.69) is 65.0 Å². The number of halogens is 6. The average molecular weight is 555 g/mol. The highest BCUT2D eigenvalue weighted by Gasteiger charge is 2.41. The lowest BCUT2D eigenvalue weighted by molar-refractivity contribution is -0.223. The summed E-state index contributed by atoms with van der Waals surface area (Å²) in [5, 5.41) is 0.684. The van der Waals surface area contributed by atoms with Crippen LogP contribution in [0.25, 0.3) is 0 Å². The molecular weight excluding hydrogens is 551 g/mol. The molecule has 0 radical (unpaired) electrons. The molecule has 0 spiro atoms. The minimum absolute atomic E-state index is 0.233. The number of rotatable bonds is 5. The van der Waals surface area contributed by atoms with Gasteiger partial charge in [-0.2, -0.15) is 0 Å². The molecule has 0 N–H and O–H groups in total. The highest BCUT2D eigenvalue weighted by atomic mass is 79.9. The topological polar surface area (TPSA) is 36.9 Å². The van der Waals surface area contributed by atoms with Crippen molar-refractivity contribution in [3.05, 3.63) is 27.2 Å². The van der Waals surface area contributed by atoms with Crippen molar-refractivity contribution >= 4 is 88.2 Å². The summed E-state index contributed by atoms with van der Waals surface area (Å²) in [4.78, 5) is 0. The van der Waals surface area contributed by atoms with E-state index in [-0.39, 0.29) is 16.3 Å². The van der Waals surface area contributed by atoms with E-state index in [4.69, 9.17) is 38.5 Å². The maximum atomic E-state index is 6.13. The highest BCUT2D eigenvalue weighted by molar-refractivity contribution is 9.06. The molecule has 4 nitrogen and oxygen atoms in total. The molecule has 0 aromatic heterocycles. The zero-order valence-electron chi connectivity index (χ0n) is 8.48. The maximum absolute atomic E-state index is 6.13. The van der Waals surface area contributed by atoms with Crippen LogP contribution in [0.1, 0.15) is 11.1 Å². The van der Waals surface area contributed by atoms with Gasteiger partial charge >= 0.3 is 5.97 Å². The summed E-state index contributed by atoms with van der Waals surface area (Å²) in [6.07, 6.45) is 0. The normalized spacial score (nSPS) is 11.7. The summed E-state index contributed by atoms with van der Waals surface area (Å²) in [5.74, 6) is -1.46. The largest absolute Gasteiger partial charge is 0.416 e. The number of benzene rings is 1. The van der Waals surface area contributed by atoms with Gasteiger partial charge in [0.15, 0.2) is 22.0 Å². The smallest absolute Gasteiger partial charge is 0.348 e. The third-order valence-electron chi connectivity index (χ3n) is 2.11. The molecule has 0 amide bonds.